The second kappa shape index (κ2) is 10.5. The normalized spacial score (nSPS) is 14.2. The Balaban J connectivity index is 1.67. The number of anilines is 2. The van der Waals surface area contributed by atoms with Crippen molar-refractivity contribution in [3.05, 3.63) is 53.2 Å². The molecule has 0 radical (unpaired) electrons. The summed E-state index contributed by atoms with van der Waals surface area (Å²) < 4.78 is 33.5. The van der Waals surface area contributed by atoms with E-state index in [2.05, 4.69) is 15.8 Å². The second-order valence-electron chi connectivity index (χ2n) is 7.86. The number of hydrogen-bond donors (Lipinski definition) is 1. The van der Waals surface area contributed by atoms with Crippen LogP contribution in [0.3, 0.4) is 0 Å². The van der Waals surface area contributed by atoms with Gasteiger partial charge >= 0.3 is 16.2 Å². The molecule has 1 amide bonds. The van der Waals surface area contributed by atoms with Gasteiger partial charge in [0.25, 0.3) is 0 Å². The van der Waals surface area contributed by atoms with Gasteiger partial charge < -0.3 is 9.64 Å². The molecule has 34 heavy (non-hydrogen) atoms. The monoisotopic (exact) mass is 485 g/mol. The Labute approximate surface area is 199 Å². The molecular weight excluding hydrogens is 458 g/mol. The smallest absolute Gasteiger partial charge is 0.340 e. The Morgan fingerprint density at radius 1 is 1.26 bits per heavy atom. The molecular formula is C23H27N5O5S. The van der Waals surface area contributed by atoms with Crippen LogP contribution in [-0.2, 0) is 19.7 Å². The zero-order chi connectivity index (χ0) is 24.9. The predicted octanol–water partition coefficient (Wildman–Crippen LogP) is 2.15. The Hall–Kier alpha value is -3.65. The topological polar surface area (TPSA) is 133 Å². The summed E-state index contributed by atoms with van der Waals surface area (Å²) in [6.45, 7) is 4.41. The summed E-state index contributed by atoms with van der Waals surface area (Å²) in [6, 6.07) is 12.0. The molecule has 1 aromatic carbocycles. The zero-order valence-corrected chi connectivity index (χ0v) is 20.1. The molecule has 1 aliphatic rings. The van der Waals surface area contributed by atoms with Crippen LogP contribution in [0.15, 0.2) is 36.4 Å². The minimum absolute atomic E-state index is 0.217. The van der Waals surface area contributed by atoms with Crippen molar-refractivity contribution in [2.45, 2.75) is 26.7 Å². The molecule has 0 unspecified atom stereocenters. The van der Waals surface area contributed by atoms with Crippen molar-refractivity contribution in [2.24, 2.45) is 5.92 Å². The van der Waals surface area contributed by atoms with Gasteiger partial charge in [-0.05, 0) is 44.9 Å². The lowest BCUT2D eigenvalue weighted by Crippen LogP contribution is -2.47. The zero-order valence-electron chi connectivity index (χ0n) is 19.3. The maximum atomic E-state index is 12.7. The minimum Gasteiger partial charge on any atom is -0.462 e. The van der Waals surface area contributed by atoms with E-state index >= 15 is 0 Å². The number of nitriles is 1. The summed E-state index contributed by atoms with van der Waals surface area (Å²) in [4.78, 5) is 31.1. The Morgan fingerprint density at radius 2 is 1.91 bits per heavy atom. The van der Waals surface area contributed by atoms with E-state index in [1.54, 1.807) is 44.2 Å². The van der Waals surface area contributed by atoms with Gasteiger partial charge in [-0.2, -0.15) is 13.7 Å². The van der Waals surface area contributed by atoms with Crippen LogP contribution >= 0.6 is 0 Å². The average molecular weight is 486 g/mol. The summed E-state index contributed by atoms with van der Waals surface area (Å²) in [5.41, 5.74) is 1.37. The largest absolute Gasteiger partial charge is 0.462 e. The van der Waals surface area contributed by atoms with Gasteiger partial charge in [0, 0.05) is 26.1 Å². The van der Waals surface area contributed by atoms with Crippen molar-refractivity contribution >= 4 is 33.6 Å². The molecule has 1 fully saturated rings. The summed E-state index contributed by atoms with van der Waals surface area (Å²) in [7, 11) is -2.66. The van der Waals surface area contributed by atoms with Gasteiger partial charge in [0.1, 0.15) is 11.9 Å². The van der Waals surface area contributed by atoms with Gasteiger partial charge in [-0.3, -0.25) is 9.10 Å². The molecule has 10 nitrogen and oxygen atoms in total. The van der Waals surface area contributed by atoms with E-state index in [1.165, 1.54) is 13.1 Å². The number of nitrogens with zero attached hydrogens (tertiary/aromatic N) is 4. The molecule has 2 heterocycles. The number of ether oxygens (including phenoxy) is 1. The SMILES string of the molecule is CCOC(=O)c1cc(C#N)c(N2CCC(C(=O)NS(=O)(=O)N(C)c3ccccc3)CC2)nc1C. The quantitative estimate of drug-likeness (QED) is 0.590. The van der Waals surface area contributed by atoms with E-state index in [-0.39, 0.29) is 17.7 Å². The predicted molar refractivity (Wildman–Crippen MR) is 126 cm³/mol. The van der Waals surface area contributed by atoms with E-state index in [9.17, 15) is 23.3 Å². The second-order valence-corrected chi connectivity index (χ2v) is 9.56. The maximum absolute atomic E-state index is 12.7. The van der Waals surface area contributed by atoms with Crippen molar-refractivity contribution < 1.29 is 22.7 Å². The third kappa shape index (κ3) is 5.46. The van der Waals surface area contributed by atoms with E-state index in [1.807, 2.05) is 4.90 Å². The van der Waals surface area contributed by atoms with Crippen LogP contribution in [0, 0.1) is 24.2 Å². The fourth-order valence-electron chi connectivity index (χ4n) is 3.74. The Bertz CT molecular complexity index is 1200. The molecule has 0 aliphatic carbocycles. The third-order valence-corrected chi connectivity index (χ3v) is 7.07. The fraction of sp³-hybridized carbons (Fsp3) is 0.391. The number of pyridine rings is 1. The lowest BCUT2D eigenvalue weighted by molar-refractivity contribution is -0.123. The van der Waals surface area contributed by atoms with Crippen molar-refractivity contribution in [3.8, 4) is 6.07 Å². The molecule has 1 N–H and O–H groups in total. The molecule has 180 valence electrons. The van der Waals surface area contributed by atoms with Crippen molar-refractivity contribution in [1.82, 2.24) is 9.71 Å². The van der Waals surface area contributed by atoms with Crippen LogP contribution in [-0.4, -0.2) is 52.0 Å². The number of aryl methyl sites for hydroxylation is 1. The first-order valence-electron chi connectivity index (χ1n) is 10.9. The lowest BCUT2D eigenvalue weighted by Gasteiger charge is -2.33. The number of esters is 1. The number of para-hydroxylation sites is 1. The van der Waals surface area contributed by atoms with Gasteiger partial charge in [-0.15, -0.1) is 0 Å². The molecule has 1 saturated heterocycles. The number of benzene rings is 1. The number of carbonyl (C=O) groups excluding carboxylic acids is 2. The fourth-order valence-corrected chi connectivity index (χ4v) is 4.70. The highest BCUT2D eigenvalue weighted by Crippen LogP contribution is 2.27. The van der Waals surface area contributed by atoms with Crippen LogP contribution in [0.4, 0.5) is 11.5 Å². The first kappa shape index (κ1) is 25.0. The molecule has 0 atom stereocenters. The van der Waals surface area contributed by atoms with Gasteiger partial charge in [0.15, 0.2) is 0 Å². The van der Waals surface area contributed by atoms with Gasteiger partial charge in [-0.1, -0.05) is 18.2 Å². The highest BCUT2D eigenvalue weighted by Gasteiger charge is 2.31. The number of aromatic nitrogens is 1. The molecule has 11 heteroatoms. The highest BCUT2D eigenvalue weighted by atomic mass is 32.2. The van der Waals surface area contributed by atoms with Crippen molar-refractivity contribution in [3.63, 3.8) is 0 Å². The van der Waals surface area contributed by atoms with Gasteiger partial charge in [0.2, 0.25) is 5.91 Å². The highest BCUT2D eigenvalue weighted by molar-refractivity contribution is 7.91. The molecule has 1 aromatic heterocycles. The standard InChI is InChI=1S/C23H27N5O5S/c1-4-33-23(30)20-14-18(15-24)21(25-16(20)2)28-12-10-17(11-13-28)22(29)26-34(31,32)27(3)19-8-6-5-7-9-19/h5-9,14,17H,4,10-13H2,1-3H3,(H,26,29). The first-order chi connectivity index (χ1) is 16.2. The number of hydrogen-bond acceptors (Lipinski definition) is 8. The van der Waals surface area contributed by atoms with E-state index in [0.717, 1.165) is 4.31 Å². The van der Waals surface area contributed by atoms with E-state index in [0.29, 0.717) is 43.1 Å². The number of piperidine rings is 1. The molecule has 0 bridgehead atoms. The summed E-state index contributed by atoms with van der Waals surface area (Å²) in [5.74, 6) is -1.17. The number of nitrogens with one attached hydrogen (secondary N) is 1. The molecule has 0 spiro atoms. The van der Waals surface area contributed by atoms with Crippen LogP contribution in [0.5, 0.6) is 0 Å². The minimum atomic E-state index is -4.04. The first-order valence-corrected chi connectivity index (χ1v) is 12.3. The average Bonchev–Trinajstić information content (AvgIpc) is 2.83. The Kier molecular flexibility index (Phi) is 7.73. The maximum Gasteiger partial charge on any atom is 0.340 e. The molecule has 0 saturated carbocycles. The summed E-state index contributed by atoms with van der Waals surface area (Å²) >= 11 is 0. The third-order valence-electron chi connectivity index (χ3n) is 5.68. The van der Waals surface area contributed by atoms with Gasteiger partial charge in [-0.25, -0.2) is 14.5 Å². The van der Waals surface area contributed by atoms with Crippen LogP contribution in [0.1, 0.15) is 41.4 Å². The number of amides is 1. The van der Waals surface area contributed by atoms with Crippen molar-refractivity contribution in [2.75, 3.05) is 35.9 Å². The molecule has 3 rings (SSSR count). The van der Waals surface area contributed by atoms with Gasteiger partial charge in [0.05, 0.1) is 29.1 Å². The number of rotatable bonds is 7. The molecule has 1 aliphatic heterocycles. The van der Waals surface area contributed by atoms with E-state index in [4.69, 9.17) is 4.74 Å². The van der Waals surface area contributed by atoms with Crippen molar-refractivity contribution in [1.29, 1.82) is 5.26 Å². The van der Waals surface area contributed by atoms with Crippen LogP contribution < -0.4 is 13.9 Å². The van der Waals surface area contributed by atoms with E-state index < -0.39 is 28.0 Å². The molecule has 2 aromatic rings. The van der Waals surface area contributed by atoms with Crippen LogP contribution in [0.25, 0.3) is 0 Å². The number of carbonyl (C=O) groups is 2. The Morgan fingerprint density at radius 3 is 2.50 bits per heavy atom. The summed E-state index contributed by atoms with van der Waals surface area (Å²) in [5, 5.41) is 9.59. The summed E-state index contributed by atoms with van der Waals surface area (Å²) in [6.07, 6.45) is 0.781. The van der Waals surface area contributed by atoms with Crippen LogP contribution in [0.2, 0.25) is 0 Å². The lowest BCUT2D eigenvalue weighted by atomic mass is 9.96.